The Morgan fingerprint density at radius 2 is 2.00 bits per heavy atom. The van der Waals surface area contributed by atoms with Crippen LogP contribution < -0.4 is 0 Å². The molecule has 0 amide bonds. The molecule has 0 saturated carbocycles. The van der Waals surface area contributed by atoms with Crippen LogP contribution in [-0.2, 0) is 4.79 Å². The molecule has 0 aliphatic rings. The van der Waals surface area contributed by atoms with Crippen LogP contribution in [0.2, 0.25) is 0 Å². The summed E-state index contributed by atoms with van der Waals surface area (Å²) < 4.78 is 0. The van der Waals surface area contributed by atoms with Crippen molar-refractivity contribution in [1.29, 1.82) is 0 Å². The predicted octanol–water partition coefficient (Wildman–Crippen LogP) is 3.78. The number of aldehydes is 1. The molecule has 2 heteroatoms. The first kappa shape index (κ1) is 12.5. The Bertz CT molecular complexity index is 612. The first-order chi connectivity index (χ1) is 8.61. The lowest BCUT2D eigenvalue weighted by Gasteiger charge is -2.07. The van der Waals surface area contributed by atoms with Crippen molar-refractivity contribution in [1.82, 2.24) is 4.98 Å². The zero-order chi connectivity index (χ0) is 13.1. The zero-order valence-corrected chi connectivity index (χ0v) is 11.0. The van der Waals surface area contributed by atoms with Crippen LogP contribution in [0.3, 0.4) is 0 Å². The van der Waals surface area contributed by atoms with Crippen molar-refractivity contribution < 1.29 is 4.79 Å². The highest BCUT2D eigenvalue weighted by Crippen LogP contribution is 2.22. The second-order valence-electron chi connectivity index (χ2n) is 4.79. The van der Waals surface area contributed by atoms with E-state index in [2.05, 4.69) is 4.98 Å². The topological polar surface area (TPSA) is 30.0 Å². The Kier molecular flexibility index (Phi) is 3.56. The van der Waals surface area contributed by atoms with E-state index in [-0.39, 0.29) is 5.92 Å². The molecular weight excluding hydrogens is 222 g/mol. The molecule has 0 aliphatic carbocycles. The number of aromatic nitrogens is 1. The first-order valence-corrected chi connectivity index (χ1v) is 6.15. The summed E-state index contributed by atoms with van der Waals surface area (Å²) in [5, 5.41) is 1.09. The molecule has 0 atom stereocenters. The van der Waals surface area contributed by atoms with E-state index >= 15 is 0 Å². The molecule has 1 heterocycles. The second kappa shape index (κ2) is 5.13. The number of hydrogen-bond donors (Lipinski definition) is 0. The highest BCUT2D eigenvalue weighted by molar-refractivity contribution is 5.92. The van der Waals surface area contributed by atoms with Crippen LogP contribution >= 0.6 is 0 Å². The summed E-state index contributed by atoms with van der Waals surface area (Å²) in [6, 6.07) is 10.0. The Morgan fingerprint density at radius 3 is 2.67 bits per heavy atom. The fourth-order valence-electron chi connectivity index (χ4n) is 1.98. The largest absolute Gasteiger partial charge is 0.298 e. The van der Waals surface area contributed by atoms with Crippen molar-refractivity contribution in [3.05, 3.63) is 47.2 Å². The molecule has 0 aliphatic heterocycles. The number of para-hydroxylation sites is 1. The molecule has 1 aromatic heterocycles. The normalized spacial score (nSPS) is 12.1. The number of rotatable bonds is 3. The van der Waals surface area contributed by atoms with E-state index in [1.807, 2.05) is 57.2 Å². The van der Waals surface area contributed by atoms with Crippen LogP contribution in [0.1, 0.15) is 25.1 Å². The number of carbonyl (C=O) groups excluding carboxylic acids is 1. The van der Waals surface area contributed by atoms with Crippen LogP contribution in [0.15, 0.2) is 35.9 Å². The summed E-state index contributed by atoms with van der Waals surface area (Å²) in [5.41, 5.74) is 3.81. The number of carbonyl (C=O) groups is 1. The smallest absolute Gasteiger partial charge is 0.146 e. The molecule has 0 N–H and O–H groups in total. The SMILES string of the molecule is Cc1cc(C=C(C=O)C(C)C)c2ccccc2n1. The van der Waals surface area contributed by atoms with Gasteiger partial charge in [-0.25, -0.2) is 0 Å². The molecule has 0 fully saturated rings. The number of aryl methyl sites for hydroxylation is 1. The second-order valence-corrected chi connectivity index (χ2v) is 4.79. The van der Waals surface area contributed by atoms with Gasteiger partial charge in [0.05, 0.1) is 5.52 Å². The Hall–Kier alpha value is -1.96. The average Bonchev–Trinajstić information content (AvgIpc) is 2.35. The zero-order valence-electron chi connectivity index (χ0n) is 11.0. The fraction of sp³-hybridized carbons (Fsp3) is 0.250. The molecule has 0 spiro atoms. The summed E-state index contributed by atoms with van der Waals surface area (Å²) >= 11 is 0. The molecule has 0 bridgehead atoms. The van der Waals surface area contributed by atoms with Gasteiger partial charge in [-0.1, -0.05) is 32.0 Å². The van der Waals surface area contributed by atoms with Crippen LogP contribution in [-0.4, -0.2) is 11.3 Å². The summed E-state index contributed by atoms with van der Waals surface area (Å²) in [6.45, 7) is 6.02. The number of nitrogens with zero attached hydrogens (tertiary/aromatic N) is 1. The third kappa shape index (κ3) is 2.48. The number of allylic oxidation sites excluding steroid dienone is 1. The predicted molar refractivity (Wildman–Crippen MR) is 75.4 cm³/mol. The van der Waals surface area contributed by atoms with Crippen molar-refractivity contribution in [3.63, 3.8) is 0 Å². The van der Waals surface area contributed by atoms with E-state index in [9.17, 15) is 4.79 Å². The lowest BCUT2D eigenvalue weighted by Crippen LogP contribution is -1.96. The van der Waals surface area contributed by atoms with Gasteiger partial charge in [0.15, 0.2) is 0 Å². The Balaban J connectivity index is 2.67. The minimum atomic E-state index is 0.231. The van der Waals surface area contributed by atoms with Crippen molar-refractivity contribution in [3.8, 4) is 0 Å². The molecule has 2 rings (SSSR count). The summed E-state index contributed by atoms with van der Waals surface area (Å²) in [6.07, 6.45) is 2.91. The van der Waals surface area contributed by atoms with Gasteiger partial charge in [0.25, 0.3) is 0 Å². The first-order valence-electron chi connectivity index (χ1n) is 6.15. The van der Waals surface area contributed by atoms with Crippen LogP contribution in [0.4, 0.5) is 0 Å². The van der Waals surface area contributed by atoms with Crippen LogP contribution in [0.25, 0.3) is 17.0 Å². The molecule has 1 aromatic carbocycles. The summed E-state index contributed by atoms with van der Waals surface area (Å²) in [7, 11) is 0. The monoisotopic (exact) mass is 239 g/mol. The van der Waals surface area contributed by atoms with Gasteiger partial charge in [-0.15, -0.1) is 0 Å². The number of pyridine rings is 1. The van der Waals surface area contributed by atoms with Crippen molar-refractivity contribution in [2.24, 2.45) is 5.92 Å². The molecule has 18 heavy (non-hydrogen) atoms. The minimum Gasteiger partial charge on any atom is -0.298 e. The van der Waals surface area contributed by atoms with E-state index in [1.165, 1.54) is 0 Å². The lowest BCUT2D eigenvalue weighted by molar-refractivity contribution is -0.105. The summed E-state index contributed by atoms with van der Waals surface area (Å²) in [4.78, 5) is 15.6. The van der Waals surface area contributed by atoms with Crippen molar-refractivity contribution in [2.45, 2.75) is 20.8 Å². The maximum absolute atomic E-state index is 11.1. The van der Waals surface area contributed by atoms with Crippen LogP contribution in [0, 0.1) is 12.8 Å². The van der Waals surface area contributed by atoms with Gasteiger partial charge in [0, 0.05) is 11.1 Å². The van der Waals surface area contributed by atoms with Gasteiger partial charge < -0.3 is 0 Å². The molecule has 0 saturated heterocycles. The van der Waals surface area contributed by atoms with Gasteiger partial charge in [0.1, 0.15) is 6.29 Å². The number of benzene rings is 1. The Labute approximate surface area is 107 Å². The van der Waals surface area contributed by atoms with Gasteiger partial charge in [0.2, 0.25) is 0 Å². The lowest BCUT2D eigenvalue weighted by atomic mass is 9.99. The molecule has 0 unspecified atom stereocenters. The van der Waals surface area contributed by atoms with Gasteiger partial charge in [-0.2, -0.15) is 0 Å². The van der Waals surface area contributed by atoms with Gasteiger partial charge in [-0.3, -0.25) is 9.78 Å². The average molecular weight is 239 g/mol. The number of fused-ring (bicyclic) bond motifs is 1. The molecule has 2 aromatic rings. The van der Waals surface area contributed by atoms with Crippen molar-refractivity contribution in [2.75, 3.05) is 0 Å². The van der Waals surface area contributed by atoms with Gasteiger partial charge >= 0.3 is 0 Å². The van der Waals surface area contributed by atoms with E-state index in [0.29, 0.717) is 0 Å². The van der Waals surface area contributed by atoms with Crippen LogP contribution in [0.5, 0.6) is 0 Å². The fourth-order valence-corrected chi connectivity index (χ4v) is 1.98. The minimum absolute atomic E-state index is 0.231. The maximum atomic E-state index is 11.1. The quantitative estimate of drug-likeness (QED) is 0.602. The highest BCUT2D eigenvalue weighted by atomic mass is 16.1. The highest BCUT2D eigenvalue weighted by Gasteiger charge is 2.05. The van der Waals surface area contributed by atoms with E-state index in [4.69, 9.17) is 0 Å². The molecule has 2 nitrogen and oxygen atoms in total. The van der Waals surface area contributed by atoms with E-state index in [1.54, 1.807) is 0 Å². The summed E-state index contributed by atoms with van der Waals surface area (Å²) in [5.74, 6) is 0.231. The third-order valence-corrected chi connectivity index (χ3v) is 3.00. The molecule has 0 radical (unpaired) electrons. The molecular formula is C16H17NO. The van der Waals surface area contributed by atoms with E-state index < -0.39 is 0 Å². The molecule has 92 valence electrons. The van der Waals surface area contributed by atoms with E-state index in [0.717, 1.165) is 34.0 Å². The van der Waals surface area contributed by atoms with Gasteiger partial charge in [-0.05, 0) is 42.2 Å². The maximum Gasteiger partial charge on any atom is 0.146 e. The third-order valence-electron chi connectivity index (χ3n) is 3.00. The standard InChI is InChI=1S/C16H17NO/c1-11(2)14(10-18)9-13-8-12(3)17-16-7-5-4-6-15(13)16/h4-11H,1-3H3. The Morgan fingerprint density at radius 1 is 1.28 bits per heavy atom. The van der Waals surface area contributed by atoms with Crippen molar-refractivity contribution >= 4 is 23.3 Å². The number of hydrogen-bond acceptors (Lipinski definition) is 2.